The van der Waals surface area contributed by atoms with E-state index in [9.17, 15) is 9.59 Å². The molecule has 1 N–H and O–H groups in total. The number of piperazine rings is 1. The van der Waals surface area contributed by atoms with Crippen LogP contribution >= 0.6 is 0 Å². The summed E-state index contributed by atoms with van der Waals surface area (Å²) in [6.07, 6.45) is 0. The summed E-state index contributed by atoms with van der Waals surface area (Å²) in [7, 11) is 0. The van der Waals surface area contributed by atoms with E-state index in [0.29, 0.717) is 35.7 Å². The topological polar surface area (TPSA) is 87.7 Å². The van der Waals surface area contributed by atoms with Gasteiger partial charge in [0.1, 0.15) is 5.69 Å². The molecule has 1 fully saturated rings. The lowest BCUT2D eigenvalue weighted by Crippen LogP contribution is -2.48. The first-order valence-electron chi connectivity index (χ1n) is 9.92. The first-order valence-corrected chi connectivity index (χ1v) is 9.92. The molecule has 1 aliphatic rings. The van der Waals surface area contributed by atoms with Gasteiger partial charge in [0, 0.05) is 31.9 Å². The summed E-state index contributed by atoms with van der Waals surface area (Å²) in [6.45, 7) is 10.1. The van der Waals surface area contributed by atoms with Crippen LogP contribution in [-0.2, 0) is 4.74 Å². The minimum absolute atomic E-state index is 0.104. The first kappa shape index (κ1) is 20.7. The number of rotatable bonds is 6. The zero-order valence-corrected chi connectivity index (χ0v) is 17.1. The third-order valence-corrected chi connectivity index (χ3v) is 4.85. The van der Waals surface area contributed by atoms with Crippen LogP contribution in [0.15, 0.2) is 30.3 Å². The maximum atomic E-state index is 12.9. The molecule has 1 saturated heterocycles. The Bertz CT molecular complexity index is 878. The summed E-state index contributed by atoms with van der Waals surface area (Å²) >= 11 is 0. The Hall–Kier alpha value is -3.00. The van der Waals surface area contributed by atoms with Crippen LogP contribution in [0, 0.1) is 6.92 Å². The van der Waals surface area contributed by atoms with Crippen LogP contribution in [0.25, 0.3) is 0 Å². The zero-order valence-electron chi connectivity index (χ0n) is 17.1. The fourth-order valence-corrected chi connectivity index (χ4v) is 3.26. The SMILES string of the molecule is CCOC(=O)c1ccccc1Nc1nc(C)cc(C(=O)N2CCN(CC)CC2)n1. The van der Waals surface area contributed by atoms with E-state index >= 15 is 0 Å². The summed E-state index contributed by atoms with van der Waals surface area (Å²) in [5.41, 5.74) is 1.94. The Morgan fingerprint density at radius 3 is 2.52 bits per heavy atom. The maximum Gasteiger partial charge on any atom is 0.340 e. The summed E-state index contributed by atoms with van der Waals surface area (Å²) in [5.74, 6) is -0.251. The Kier molecular flexibility index (Phi) is 6.77. The van der Waals surface area contributed by atoms with Crippen molar-refractivity contribution in [2.24, 2.45) is 0 Å². The molecule has 8 nitrogen and oxygen atoms in total. The number of ether oxygens (including phenoxy) is 1. The van der Waals surface area contributed by atoms with Crippen LogP contribution in [0.5, 0.6) is 0 Å². The smallest absolute Gasteiger partial charge is 0.340 e. The lowest BCUT2D eigenvalue weighted by atomic mass is 10.2. The van der Waals surface area contributed by atoms with Gasteiger partial charge in [0.2, 0.25) is 5.95 Å². The van der Waals surface area contributed by atoms with E-state index in [1.54, 1.807) is 37.3 Å². The Balaban J connectivity index is 1.80. The normalized spacial score (nSPS) is 14.5. The molecule has 0 saturated carbocycles. The number of carbonyl (C=O) groups excluding carboxylic acids is 2. The summed E-state index contributed by atoms with van der Waals surface area (Å²) in [6, 6.07) is 8.69. The molecule has 2 aromatic rings. The molecule has 0 unspecified atom stereocenters. The summed E-state index contributed by atoms with van der Waals surface area (Å²) < 4.78 is 5.10. The molecule has 3 rings (SSSR count). The van der Waals surface area contributed by atoms with E-state index in [2.05, 4.69) is 27.1 Å². The average molecular weight is 397 g/mol. The average Bonchev–Trinajstić information content (AvgIpc) is 2.73. The van der Waals surface area contributed by atoms with Crippen molar-refractivity contribution in [3.63, 3.8) is 0 Å². The fraction of sp³-hybridized carbons (Fsp3) is 0.429. The number of benzene rings is 1. The van der Waals surface area contributed by atoms with Gasteiger partial charge in [-0.2, -0.15) is 0 Å². The van der Waals surface area contributed by atoms with Gasteiger partial charge in [-0.25, -0.2) is 14.8 Å². The number of nitrogens with one attached hydrogen (secondary N) is 1. The second-order valence-corrected chi connectivity index (χ2v) is 6.84. The number of aromatic nitrogens is 2. The van der Waals surface area contributed by atoms with Gasteiger partial charge in [-0.1, -0.05) is 19.1 Å². The molecule has 8 heteroatoms. The van der Waals surface area contributed by atoms with Crippen molar-refractivity contribution in [2.75, 3.05) is 44.6 Å². The van der Waals surface area contributed by atoms with Crippen molar-refractivity contribution in [2.45, 2.75) is 20.8 Å². The predicted octanol–water partition coefficient (Wildman–Crippen LogP) is 2.48. The number of hydrogen-bond acceptors (Lipinski definition) is 7. The minimum atomic E-state index is -0.423. The van der Waals surface area contributed by atoms with E-state index < -0.39 is 5.97 Å². The highest BCUT2D eigenvalue weighted by atomic mass is 16.5. The molecule has 0 atom stereocenters. The molecule has 0 bridgehead atoms. The third kappa shape index (κ3) is 5.08. The first-order chi connectivity index (χ1) is 14.0. The standard InChI is InChI=1S/C21H27N5O3/c1-4-25-10-12-26(13-11-25)19(27)18-14-15(3)22-21(24-18)23-17-9-7-6-8-16(17)20(28)29-5-2/h6-9,14H,4-5,10-13H2,1-3H3,(H,22,23,24). The molecule has 0 spiro atoms. The quantitative estimate of drug-likeness (QED) is 0.749. The second-order valence-electron chi connectivity index (χ2n) is 6.84. The number of anilines is 2. The van der Waals surface area contributed by atoms with Crippen molar-refractivity contribution in [1.29, 1.82) is 0 Å². The van der Waals surface area contributed by atoms with Gasteiger partial charge >= 0.3 is 5.97 Å². The molecule has 1 aromatic carbocycles. The highest BCUT2D eigenvalue weighted by Crippen LogP contribution is 2.20. The monoisotopic (exact) mass is 397 g/mol. The van der Waals surface area contributed by atoms with Crippen molar-refractivity contribution in [1.82, 2.24) is 19.8 Å². The van der Waals surface area contributed by atoms with Gasteiger partial charge < -0.3 is 19.9 Å². The molecule has 154 valence electrons. The van der Waals surface area contributed by atoms with Gasteiger partial charge in [-0.15, -0.1) is 0 Å². The van der Waals surface area contributed by atoms with Crippen LogP contribution in [0.2, 0.25) is 0 Å². The van der Waals surface area contributed by atoms with Gasteiger partial charge in [-0.05, 0) is 38.6 Å². The molecule has 0 aliphatic carbocycles. The number of esters is 1. The number of carbonyl (C=O) groups is 2. The molecule has 0 radical (unpaired) electrons. The lowest BCUT2D eigenvalue weighted by Gasteiger charge is -2.33. The largest absolute Gasteiger partial charge is 0.462 e. The molecule has 29 heavy (non-hydrogen) atoms. The van der Waals surface area contributed by atoms with Gasteiger partial charge in [0.15, 0.2) is 0 Å². The van der Waals surface area contributed by atoms with Crippen LogP contribution in [0.3, 0.4) is 0 Å². The predicted molar refractivity (Wildman–Crippen MR) is 110 cm³/mol. The number of hydrogen-bond donors (Lipinski definition) is 1. The number of aryl methyl sites for hydroxylation is 1. The van der Waals surface area contributed by atoms with Crippen LogP contribution < -0.4 is 5.32 Å². The lowest BCUT2D eigenvalue weighted by molar-refractivity contribution is 0.0527. The molecule has 2 heterocycles. The third-order valence-electron chi connectivity index (χ3n) is 4.85. The highest BCUT2D eigenvalue weighted by molar-refractivity contribution is 5.96. The molecule has 1 aromatic heterocycles. The second kappa shape index (κ2) is 9.47. The van der Waals surface area contributed by atoms with Crippen molar-refractivity contribution < 1.29 is 14.3 Å². The number of nitrogens with zero attached hydrogens (tertiary/aromatic N) is 4. The summed E-state index contributed by atoms with van der Waals surface area (Å²) in [5, 5.41) is 3.07. The Labute approximate surface area is 170 Å². The van der Waals surface area contributed by atoms with E-state index in [1.165, 1.54) is 0 Å². The zero-order chi connectivity index (χ0) is 20.8. The highest BCUT2D eigenvalue weighted by Gasteiger charge is 2.23. The van der Waals surface area contributed by atoms with E-state index in [0.717, 1.165) is 19.6 Å². The minimum Gasteiger partial charge on any atom is -0.462 e. The van der Waals surface area contributed by atoms with Gasteiger partial charge in [0.05, 0.1) is 17.9 Å². The molecular weight excluding hydrogens is 370 g/mol. The fourth-order valence-electron chi connectivity index (χ4n) is 3.26. The van der Waals surface area contributed by atoms with Crippen molar-refractivity contribution in [3.8, 4) is 0 Å². The van der Waals surface area contributed by atoms with Crippen molar-refractivity contribution >= 4 is 23.5 Å². The summed E-state index contributed by atoms with van der Waals surface area (Å²) in [4.78, 5) is 38.0. The van der Waals surface area contributed by atoms with Crippen LogP contribution in [0.4, 0.5) is 11.6 Å². The van der Waals surface area contributed by atoms with E-state index in [-0.39, 0.29) is 18.5 Å². The van der Waals surface area contributed by atoms with E-state index in [4.69, 9.17) is 4.74 Å². The number of amides is 1. The van der Waals surface area contributed by atoms with Gasteiger partial charge in [-0.3, -0.25) is 4.79 Å². The molecule has 1 amide bonds. The van der Waals surface area contributed by atoms with Crippen LogP contribution in [-0.4, -0.2) is 71.0 Å². The van der Waals surface area contributed by atoms with E-state index in [1.807, 2.05) is 11.8 Å². The number of para-hydroxylation sites is 1. The van der Waals surface area contributed by atoms with Crippen LogP contribution in [0.1, 0.15) is 40.4 Å². The molecule has 1 aliphatic heterocycles. The Morgan fingerprint density at radius 1 is 1.10 bits per heavy atom. The maximum absolute atomic E-state index is 12.9. The van der Waals surface area contributed by atoms with Crippen molar-refractivity contribution in [3.05, 3.63) is 47.3 Å². The van der Waals surface area contributed by atoms with Gasteiger partial charge in [0.25, 0.3) is 5.91 Å². The number of likely N-dealkylation sites (N-methyl/N-ethyl adjacent to an activating group) is 1. The molecular formula is C21H27N5O3. The Morgan fingerprint density at radius 2 is 1.83 bits per heavy atom.